The van der Waals surface area contributed by atoms with Gasteiger partial charge in [0.1, 0.15) is 5.82 Å². The molecule has 2 aliphatic heterocycles. The van der Waals surface area contributed by atoms with Crippen molar-refractivity contribution in [1.29, 1.82) is 0 Å². The first kappa shape index (κ1) is 22.3. The second-order valence-corrected chi connectivity index (χ2v) is 7.57. The second kappa shape index (κ2) is 11.1. The molecule has 0 unspecified atom stereocenters. The number of aromatic amines is 1. The van der Waals surface area contributed by atoms with Crippen molar-refractivity contribution >= 4 is 17.8 Å². The van der Waals surface area contributed by atoms with E-state index in [1.54, 1.807) is 28.1 Å². The number of H-pyrrole nitrogens is 1. The van der Waals surface area contributed by atoms with E-state index in [1.807, 2.05) is 0 Å². The molecule has 4 heterocycles. The number of nitrogens with one attached hydrogen (secondary N) is 2. The minimum Gasteiger partial charge on any atom is -0.481 e. The van der Waals surface area contributed by atoms with Crippen molar-refractivity contribution in [3.8, 4) is 0 Å². The van der Waals surface area contributed by atoms with Crippen LogP contribution in [0.5, 0.6) is 0 Å². The lowest BCUT2D eigenvalue weighted by Gasteiger charge is -2.19. The summed E-state index contributed by atoms with van der Waals surface area (Å²) in [4.78, 5) is 43.6. The van der Waals surface area contributed by atoms with E-state index in [9.17, 15) is 14.4 Å². The number of carbonyl (C=O) groups is 2. The molecular weight excluding hydrogens is 398 g/mol. The Morgan fingerprint density at radius 1 is 1.10 bits per heavy atom. The molecule has 4 rings (SSSR count). The standard InChI is InChI=1S/C17H24N4O3.C5H5NO/c22-15(23)7-10-21-12-11-20(17(21)24)9-2-4-14-6-5-13-3-1-8-18-16(13)19-14;7-5-3-1-2-4-6-5/h5-6H,1-4,7-12H2,(H,18,19)(H,22,23);1-4H,(H,6,7). The molecule has 0 aliphatic carbocycles. The third-order valence-electron chi connectivity index (χ3n) is 5.27. The molecule has 2 aliphatic rings. The Balaban J connectivity index is 0.000000330. The van der Waals surface area contributed by atoms with Crippen molar-refractivity contribution in [2.45, 2.75) is 32.1 Å². The maximum absolute atomic E-state index is 12.2. The maximum Gasteiger partial charge on any atom is 0.320 e. The largest absolute Gasteiger partial charge is 0.481 e. The number of fused-ring (bicyclic) bond motifs is 1. The summed E-state index contributed by atoms with van der Waals surface area (Å²) in [7, 11) is 0. The monoisotopic (exact) mass is 427 g/mol. The van der Waals surface area contributed by atoms with E-state index >= 15 is 0 Å². The Labute approximate surface area is 181 Å². The van der Waals surface area contributed by atoms with Crippen LogP contribution in [-0.2, 0) is 17.6 Å². The van der Waals surface area contributed by atoms with Crippen molar-refractivity contribution < 1.29 is 14.7 Å². The quantitative estimate of drug-likeness (QED) is 0.622. The summed E-state index contributed by atoms with van der Waals surface area (Å²) in [6.07, 6.45) is 5.56. The van der Waals surface area contributed by atoms with Crippen LogP contribution < -0.4 is 10.9 Å². The van der Waals surface area contributed by atoms with Gasteiger partial charge in [0.05, 0.1) is 6.42 Å². The molecule has 166 valence electrons. The summed E-state index contributed by atoms with van der Waals surface area (Å²) < 4.78 is 0. The molecule has 9 nitrogen and oxygen atoms in total. The van der Waals surface area contributed by atoms with Crippen LogP contribution in [0.2, 0.25) is 0 Å². The van der Waals surface area contributed by atoms with Gasteiger partial charge in [0.25, 0.3) is 0 Å². The maximum atomic E-state index is 12.2. The zero-order valence-electron chi connectivity index (χ0n) is 17.5. The zero-order chi connectivity index (χ0) is 22.1. The molecule has 0 spiro atoms. The van der Waals surface area contributed by atoms with Crippen LogP contribution in [0.1, 0.15) is 30.5 Å². The van der Waals surface area contributed by atoms with Crippen LogP contribution in [0.4, 0.5) is 10.6 Å². The minimum atomic E-state index is -0.867. The van der Waals surface area contributed by atoms with Crippen molar-refractivity contribution in [1.82, 2.24) is 19.8 Å². The van der Waals surface area contributed by atoms with E-state index in [1.165, 1.54) is 11.6 Å². The lowest BCUT2D eigenvalue weighted by Crippen LogP contribution is -2.33. The third kappa shape index (κ3) is 6.84. The Bertz CT molecular complexity index is 928. The number of aryl methyl sites for hydroxylation is 2. The predicted octanol–water partition coefficient (Wildman–Crippen LogP) is 1.96. The van der Waals surface area contributed by atoms with Gasteiger partial charge in [0, 0.05) is 50.7 Å². The highest BCUT2D eigenvalue weighted by Gasteiger charge is 2.27. The van der Waals surface area contributed by atoms with E-state index in [0.717, 1.165) is 43.7 Å². The van der Waals surface area contributed by atoms with Crippen LogP contribution in [-0.4, -0.2) is 69.6 Å². The third-order valence-corrected chi connectivity index (χ3v) is 5.27. The molecular formula is C22H29N5O4. The van der Waals surface area contributed by atoms with E-state index < -0.39 is 5.97 Å². The number of carboxylic acids is 1. The van der Waals surface area contributed by atoms with Crippen LogP contribution in [0.15, 0.2) is 41.3 Å². The Kier molecular flexibility index (Phi) is 8.03. The Hall–Kier alpha value is -3.36. The molecule has 2 aromatic heterocycles. The molecule has 1 fully saturated rings. The molecule has 1 saturated heterocycles. The molecule has 0 atom stereocenters. The highest BCUT2D eigenvalue weighted by molar-refractivity contribution is 5.77. The van der Waals surface area contributed by atoms with Gasteiger partial charge in [-0.2, -0.15) is 0 Å². The summed E-state index contributed by atoms with van der Waals surface area (Å²) in [5.41, 5.74) is 2.29. The van der Waals surface area contributed by atoms with Crippen molar-refractivity contribution in [3.05, 3.63) is 58.1 Å². The molecule has 9 heteroatoms. The molecule has 0 bridgehead atoms. The number of nitrogens with zero attached hydrogens (tertiary/aromatic N) is 3. The predicted molar refractivity (Wildman–Crippen MR) is 117 cm³/mol. The summed E-state index contributed by atoms with van der Waals surface area (Å²) >= 11 is 0. The fraction of sp³-hybridized carbons (Fsp3) is 0.455. The first-order valence-corrected chi connectivity index (χ1v) is 10.6. The molecule has 3 N–H and O–H groups in total. The van der Waals surface area contributed by atoms with E-state index in [4.69, 9.17) is 5.11 Å². The number of urea groups is 1. The van der Waals surface area contributed by atoms with Gasteiger partial charge < -0.3 is 25.2 Å². The number of amides is 2. The average Bonchev–Trinajstić information content (AvgIpc) is 3.12. The lowest BCUT2D eigenvalue weighted by atomic mass is 10.1. The van der Waals surface area contributed by atoms with Crippen molar-refractivity contribution in [2.24, 2.45) is 0 Å². The number of carboxylic acid groups (broad SMARTS) is 1. The Morgan fingerprint density at radius 3 is 2.58 bits per heavy atom. The fourth-order valence-electron chi connectivity index (χ4n) is 3.61. The van der Waals surface area contributed by atoms with E-state index in [2.05, 4.69) is 27.4 Å². The second-order valence-electron chi connectivity index (χ2n) is 7.57. The number of anilines is 1. The lowest BCUT2D eigenvalue weighted by molar-refractivity contribution is -0.137. The Morgan fingerprint density at radius 2 is 1.90 bits per heavy atom. The SMILES string of the molecule is O=C(O)CCN1CCN(CCCc2ccc3c(n2)NCCC3)C1=O.O=c1cccc[nH]1. The number of hydrogen-bond donors (Lipinski definition) is 3. The molecule has 2 amide bonds. The number of hydrogen-bond acceptors (Lipinski definition) is 5. The number of aliphatic carboxylic acids is 1. The smallest absolute Gasteiger partial charge is 0.320 e. The van der Waals surface area contributed by atoms with Crippen LogP contribution in [0.3, 0.4) is 0 Å². The van der Waals surface area contributed by atoms with Gasteiger partial charge in [-0.25, -0.2) is 9.78 Å². The van der Waals surface area contributed by atoms with Gasteiger partial charge in [-0.15, -0.1) is 0 Å². The normalized spacial score (nSPS) is 15.0. The zero-order valence-corrected chi connectivity index (χ0v) is 17.5. The number of carbonyl (C=O) groups excluding carboxylic acids is 1. The van der Waals surface area contributed by atoms with Gasteiger partial charge in [0.2, 0.25) is 5.56 Å². The molecule has 2 aromatic rings. The van der Waals surface area contributed by atoms with Gasteiger partial charge >= 0.3 is 12.0 Å². The highest BCUT2D eigenvalue weighted by atomic mass is 16.4. The van der Waals surface area contributed by atoms with Crippen LogP contribution in [0.25, 0.3) is 0 Å². The van der Waals surface area contributed by atoms with Crippen LogP contribution >= 0.6 is 0 Å². The first-order chi connectivity index (χ1) is 15.0. The van der Waals surface area contributed by atoms with E-state index in [0.29, 0.717) is 26.2 Å². The summed E-state index contributed by atoms with van der Waals surface area (Å²) in [6, 6.07) is 9.12. The van der Waals surface area contributed by atoms with Crippen molar-refractivity contribution in [3.63, 3.8) is 0 Å². The van der Waals surface area contributed by atoms with Gasteiger partial charge in [-0.3, -0.25) is 9.59 Å². The van der Waals surface area contributed by atoms with Gasteiger partial charge in [0.15, 0.2) is 0 Å². The summed E-state index contributed by atoms with van der Waals surface area (Å²) in [5, 5.41) is 12.1. The fourth-order valence-corrected chi connectivity index (χ4v) is 3.61. The summed E-state index contributed by atoms with van der Waals surface area (Å²) in [5.74, 6) is 0.143. The van der Waals surface area contributed by atoms with Gasteiger partial charge in [-0.1, -0.05) is 12.1 Å². The number of rotatable bonds is 7. The molecule has 0 saturated carbocycles. The molecule has 0 aromatic carbocycles. The molecule has 31 heavy (non-hydrogen) atoms. The van der Waals surface area contributed by atoms with Gasteiger partial charge in [-0.05, 0) is 43.4 Å². The van der Waals surface area contributed by atoms with Crippen LogP contribution in [0, 0.1) is 0 Å². The van der Waals surface area contributed by atoms with Crippen molar-refractivity contribution in [2.75, 3.05) is 38.0 Å². The first-order valence-electron chi connectivity index (χ1n) is 10.6. The summed E-state index contributed by atoms with van der Waals surface area (Å²) in [6.45, 7) is 3.26. The topological polar surface area (TPSA) is 119 Å². The molecule has 0 radical (unpaired) electrons. The average molecular weight is 428 g/mol. The number of pyridine rings is 2. The minimum absolute atomic E-state index is 0.00558. The van der Waals surface area contributed by atoms with E-state index in [-0.39, 0.29) is 18.0 Å². The number of aromatic nitrogens is 2. The highest BCUT2D eigenvalue weighted by Crippen LogP contribution is 2.20.